The van der Waals surface area contributed by atoms with E-state index in [0.717, 1.165) is 0 Å². The van der Waals surface area contributed by atoms with Crippen LogP contribution in [0.25, 0.3) is 0 Å². The van der Waals surface area contributed by atoms with Gasteiger partial charge in [0.25, 0.3) is 0 Å². The Hall–Kier alpha value is -3.11. The largest absolute Gasteiger partial charge is 0.493 e. The van der Waals surface area contributed by atoms with Crippen LogP contribution in [0.15, 0.2) is 24.3 Å². The number of hydrogen-bond donors (Lipinski definition) is 0. The quantitative estimate of drug-likeness (QED) is 0.432. The van der Waals surface area contributed by atoms with E-state index in [1.54, 1.807) is 0 Å². The number of carbonyl (C=O) groups excluding carboxylic acids is 1. The second kappa shape index (κ2) is 10.4. The fourth-order valence-corrected chi connectivity index (χ4v) is 2.79. The van der Waals surface area contributed by atoms with Gasteiger partial charge in [-0.2, -0.15) is 5.26 Å². The molecule has 0 saturated heterocycles. The van der Waals surface area contributed by atoms with Crippen molar-refractivity contribution in [3.05, 3.63) is 40.4 Å². The molecule has 2 rings (SSSR count). The zero-order valence-corrected chi connectivity index (χ0v) is 17.5. The van der Waals surface area contributed by atoms with Crippen molar-refractivity contribution in [3.63, 3.8) is 0 Å². The number of benzene rings is 2. The lowest BCUT2D eigenvalue weighted by Gasteiger charge is -2.17. The topological polar surface area (TPSA) is 87.0 Å². The van der Waals surface area contributed by atoms with Gasteiger partial charge in [0.2, 0.25) is 5.75 Å². The van der Waals surface area contributed by atoms with E-state index >= 15 is 0 Å². The smallest absolute Gasteiger partial charge is 0.343 e. The zero-order chi connectivity index (χ0) is 21.4. The van der Waals surface area contributed by atoms with Crippen molar-refractivity contribution in [2.45, 2.75) is 20.8 Å². The molecule has 0 spiro atoms. The van der Waals surface area contributed by atoms with E-state index in [-0.39, 0.29) is 27.6 Å². The Balaban J connectivity index is 2.46. The molecule has 0 fully saturated rings. The van der Waals surface area contributed by atoms with Gasteiger partial charge >= 0.3 is 5.97 Å². The Morgan fingerprint density at radius 1 is 0.931 bits per heavy atom. The van der Waals surface area contributed by atoms with Gasteiger partial charge in [0.1, 0.15) is 0 Å². The van der Waals surface area contributed by atoms with Gasteiger partial charge < -0.3 is 23.7 Å². The first-order valence-corrected chi connectivity index (χ1v) is 9.42. The molecule has 0 N–H and O–H groups in total. The predicted octanol–water partition coefficient (Wildman–Crippen LogP) is 4.64. The molecule has 0 radical (unpaired) electrons. The molecule has 154 valence electrons. The van der Waals surface area contributed by atoms with Crippen LogP contribution in [0.2, 0.25) is 5.02 Å². The average molecular weight is 420 g/mol. The Morgan fingerprint density at radius 2 is 1.52 bits per heavy atom. The van der Waals surface area contributed by atoms with Crippen LogP contribution in [-0.4, -0.2) is 32.9 Å². The number of hydrogen-bond acceptors (Lipinski definition) is 7. The molecule has 0 aliphatic rings. The summed E-state index contributed by atoms with van der Waals surface area (Å²) in [6.07, 6.45) is 0. The molecular weight excluding hydrogens is 398 g/mol. The molecule has 0 amide bonds. The highest BCUT2D eigenvalue weighted by Crippen LogP contribution is 2.41. The van der Waals surface area contributed by atoms with Gasteiger partial charge in [-0.15, -0.1) is 0 Å². The molecule has 0 saturated carbocycles. The van der Waals surface area contributed by atoms with Crippen LogP contribution in [0.4, 0.5) is 0 Å². The fourth-order valence-electron chi connectivity index (χ4n) is 2.54. The Morgan fingerprint density at radius 3 is 2.00 bits per heavy atom. The van der Waals surface area contributed by atoms with Gasteiger partial charge in [-0.1, -0.05) is 11.6 Å². The molecule has 8 heteroatoms. The minimum Gasteiger partial charge on any atom is -0.493 e. The van der Waals surface area contributed by atoms with Crippen LogP contribution < -0.4 is 23.7 Å². The third kappa shape index (κ3) is 5.24. The number of carbonyl (C=O) groups is 1. The van der Waals surface area contributed by atoms with Crippen molar-refractivity contribution in [2.24, 2.45) is 0 Å². The standard InChI is InChI=1S/C21H22ClNO6/c1-5-26-17-10-14(11-18(27-6-2)20(17)28-7-3)21(24)29-19-15(22)8-13(12-23)9-16(19)25-4/h8-11H,5-7H2,1-4H3. The Labute approximate surface area is 174 Å². The summed E-state index contributed by atoms with van der Waals surface area (Å²) in [5.74, 6) is 0.642. The van der Waals surface area contributed by atoms with Crippen LogP contribution in [-0.2, 0) is 0 Å². The first-order valence-electron chi connectivity index (χ1n) is 9.05. The molecule has 0 aliphatic heterocycles. The lowest BCUT2D eigenvalue weighted by molar-refractivity contribution is 0.0728. The molecule has 2 aromatic carbocycles. The van der Waals surface area contributed by atoms with Gasteiger partial charge in [0.15, 0.2) is 23.0 Å². The summed E-state index contributed by atoms with van der Waals surface area (Å²) in [6, 6.07) is 7.82. The van der Waals surface area contributed by atoms with Gasteiger partial charge in [0.05, 0.1) is 49.1 Å². The predicted molar refractivity (Wildman–Crippen MR) is 108 cm³/mol. The molecule has 0 heterocycles. The molecule has 0 unspecified atom stereocenters. The van der Waals surface area contributed by atoms with Crippen molar-refractivity contribution in [1.29, 1.82) is 5.26 Å². The minimum absolute atomic E-state index is 0.0166. The monoisotopic (exact) mass is 419 g/mol. The van der Waals surface area contributed by atoms with Crippen LogP contribution in [0.5, 0.6) is 28.7 Å². The molecule has 0 atom stereocenters. The number of nitrogens with zero attached hydrogens (tertiary/aromatic N) is 1. The summed E-state index contributed by atoms with van der Waals surface area (Å²) in [6.45, 7) is 6.64. The molecule has 29 heavy (non-hydrogen) atoms. The number of ether oxygens (including phenoxy) is 5. The zero-order valence-electron chi connectivity index (χ0n) is 16.7. The van der Waals surface area contributed by atoms with E-state index < -0.39 is 5.97 Å². The summed E-state index contributed by atoms with van der Waals surface area (Å²) in [5.41, 5.74) is 0.466. The normalized spacial score (nSPS) is 10.1. The SMILES string of the molecule is CCOc1cc(C(=O)Oc2c(Cl)cc(C#N)cc2OC)cc(OCC)c1OCC. The van der Waals surface area contributed by atoms with Gasteiger partial charge in [-0.25, -0.2) is 4.79 Å². The molecule has 7 nitrogen and oxygen atoms in total. The molecule has 2 aromatic rings. The number of methoxy groups -OCH3 is 1. The van der Waals surface area contributed by atoms with Gasteiger partial charge in [-0.05, 0) is 39.0 Å². The summed E-state index contributed by atoms with van der Waals surface area (Å²) in [4.78, 5) is 12.8. The molecule has 0 aliphatic carbocycles. The van der Waals surface area contributed by atoms with Crippen molar-refractivity contribution in [2.75, 3.05) is 26.9 Å². The number of esters is 1. The van der Waals surface area contributed by atoms with E-state index in [9.17, 15) is 4.79 Å². The number of halogens is 1. The van der Waals surface area contributed by atoms with Crippen LogP contribution >= 0.6 is 11.6 Å². The van der Waals surface area contributed by atoms with E-state index in [2.05, 4.69) is 0 Å². The van der Waals surface area contributed by atoms with Crippen molar-refractivity contribution in [1.82, 2.24) is 0 Å². The van der Waals surface area contributed by atoms with E-state index in [1.807, 2.05) is 26.8 Å². The maximum atomic E-state index is 12.8. The van der Waals surface area contributed by atoms with Crippen LogP contribution in [0, 0.1) is 11.3 Å². The van der Waals surface area contributed by atoms with Crippen LogP contribution in [0.3, 0.4) is 0 Å². The number of rotatable bonds is 9. The maximum Gasteiger partial charge on any atom is 0.343 e. The van der Waals surface area contributed by atoms with E-state index in [4.69, 9.17) is 40.5 Å². The Bertz CT molecular complexity index is 895. The highest BCUT2D eigenvalue weighted by atomic mass is 35.5. The molecule has 0 bridgehead atoms. The van der Waals surface area contributed by atoms with Gasteiger partial charge in [-0.3, -0.25) is 0 Å². The lowest BCUT2D eigenvalue weighted by atomic mass is 10.1. The summed E-state index contributed by atoms with van der Waals surface area (Å²) in [7, 11) is 1.39. The third-order valence-electron chi connectivity index (χ3n) is 3.70. The van der Waals surface area contributed by atoms with Crippen molar-refractivity contribution < 1.29 is 28.5 Å². The summed E-state index contributed by atoms with van der Waals surface area (Å²) < 4.78 is 27.5. The third-order valence-corrected chi connectivity index (χ3v) is 3.98. The van der Waals surface area contributed by atoms with Crippen molar-refractivity contribution in [3.8, 4) is 34.8 Å². The maximum absolute atomic E-state index is 12.8. The second-order valence-electron chi connectivity index (χ2n) is 5.59. The Kier molecular flexibility index (Phi) is 7.98. The minimum atomic E-state index is -0.695. The first-order chi connectivity index (χ1) is 14.0. The van der Waals surface area contributed by atoms with E-state index in [1.165, 1.54) is 31.4 Å². The molecule has 0 aromatic heterocycles. The van der Waals surface area contributed by atoms with E-state index in [0.29, 0.717) is 37.1 Å². The average Bonchev–Trinajstić information content (AvgIpc) is 2.71. The lowest BCUT2D eigenvalue weighted by Crippen LogP contribution is -2.12. The second-order valence-corrected chi connectivity index (χ2v) is 6.00. The van der Waals surface area contributed by atoms with Gasteiger partial charge in [0, 0.05) is 6.07 Å². The highest BCUT2D eigenvalue weighted by molar-refractivity contribution is 6.32. The van der Waals surface area contributed by atoms with Crippen LogP contribution in [0.1, 0.15) is 36.7 Å². The fraction of sp³-hybridized carbons (Fsp3) is 0.333. The van der Waals surface area contributed by atoms with Crippen molar-refractivity contribution >= 4 is 17.6 Å². The number of nitriles is 1. The first kappa shape index (κ1) is 22.2. The molecular formula is C21H22ClNO6. The summed E-state index contributed by atoms with van der Waals surface area (Å²) >= 11 is 6.17. The summed E-state index contributed by atoms with van der Waals surface area (Å²) in [5, 5.41) is 9.13. The highest BCUT2D eigenvalue weighted by Gasteiger charge is 2.22.